The molecule has 4 N–H and O–H groups in total. The highest BCUT2D eigenvalue weighted by Gasteiger charge is 2.60. The van der Waals surface area contributed by atoms with Crippen LogP contribution in [-0.4, -0.2) is 73.7 Å². The number of likely N-dealkylation sites (N-methyl/N-ethyl adjacent to an activating group) is 1. The van der Waals surface area contributed by atoms with E-state index >= 15 is 0 Å². The second kappa shape index (κ2) is 12.2. The molecular formula is C33H58N4O3. The molecule has 7 nitrogen and oxygen atoms in total. The number of rotatable bonds is 9. The average Bonchev–Trinajstić information content (AvgIpc) is 3.51. The third kappa shape index (κ3) is 5.99. The summed E-state index contributed by atoms with van der Waals surface area (Å²) in [6, 6.07) is -0.179. The Morgan fingerprint density at radius 3 is 2.52 bits per heavy atom. The molecule has 228 valence electrons. The predicted octanol–water partition coefficient (Wildman–Crippen LogP) is 3.95. The molecule has 6 unspecified atom stereocenters. The molecule has 0 aromatic carbocycles. The van der Waals surface area contributed by atoms with Gasteiger partial charge in [-0.1, -0.05) is 20.8 Å². The lowest BCUT2D eigenvalue weighted by atomic mass is 9.44. The van der Waals surface area contributed by atoms with Gasteiger partial charge in [0.15, 0.2) is 0 Å². The third-order valence-corrected chi connectivity index (χ3v) is 12.9. The Balaban J connectivity index is 1.09. The maximum absolute atomic E-state index is 12.9. The highest BCUT2D eigenvalue weighted by molar-refractivity contribution is 5.82. The van der Waals surface area contributed by atoms with E-state index in [4.69, 9.17) is 0 Å². The molecule has 5 aliphatic rings. The molecule has 0 bridgehead atoms. The van der Waals surface area contributed by atoms with Crippen LogP contribution in [0.2, 0.25) is 0 Å². The number of nitrogens with zero attached hydrogens (tertiary/aromatic N) is 1. The molecule has 0 spiro atoms. The van der Waals surface area contributed by atoms with Crippen LogP contribution in [0.1, 0.15) is 97.8 Å². The third-order valence-electron chi connectivity index (χ3n) is 12.9. The van der Waals surface area contributed by atoms with E-state index in [2.05, 4.69) is 41.6 Å². The minimum absolute atomic E-state index is 0.0356. The molecule has 4 aliphatic carbocycles. The van der Waals surface area contributed by atoms with E-state index in [1.165, 1.54) is 44.9 Å². The fourth-order valence-electron chi connectivity index (χ4n) is 10.6. The van der Waals surface area contributed by atoms with Gasteiger partial charge < -0.3 is 26.0 Å². The SMILES string of the molecule is CC(CCC(=O)NC1CN[C@H](C(=O)NCCN(C)C)C1)[C@H]1CCC2C3CCC4C[C@H](O)CC[C@]4(C)C3CC[C@@]21C. The number of amides is 2. The van der Waals surface area contributed by atoms with Crippen molar-refractivity contribution in [3.63, 3.8) is 0 Å². The molecule has 1 heterocycles. The minimum atomic E-state index is -0.215. The van der Waals surface area contributed by atoms with E-state index in [9.17, 15) is 14.7 Å². The van der Waals surface area contributed by atoms with Gasteiger partial charge in [-0.25, -0.2) is 0 Å². The number of carbonyl (C=O) groups is 2. The molecule has 11 atom stereocenters. The number of nitrogens with one attached hydrogen (secondary N) is 3. The van der Waals surface area contributed by atoms with Crippen molar-refractivity contribution in [1.29, 1.82) is 0 Å². The van der Waals surface area contributed by atoms with Gasteiger partial charge in [0, 0.05) is 32.1 Å². The van der Waals surface area contributed by atoms with Crippen LogP contribution in [0.5, 0.6) is 0 Å². The molecule has 2 amide bonds. The summed E-state index contributed by atoms with van der Waals surface area (Å²) >= 11 is 0. The molecule has 5 fully saturated rings. The quantitative estimate of drug-likeness (QED) is 0.344. The van der Waals surface area contributed by atoms with Gasteiger partial charge in [-0.15, -0.1) is 0 Å². The Labute approximate surface area is 243 Å². The molecule has 0 aromatic rings. The first kappa shape index (κ1) is 30.3. The van der Waals surface area contributed by atoms with Gasteiger partial charge in [0.25, 0.3) is 0 Å². The molecule has 0 aromatic heterocycles. The number of aliphatic hydroxyl groups is 1. The van der Waals surface area contributed by atoms with Crippen molar-refractivity contribution >= 4 is 11.8 Å². The lowest BCUT2D eigenvalue weighted by Crippen LogP contribution is -2.54. The fraction of sp³-hybridized carbons (Fsp3) is 0.939. The highest BCUT2D eigenvalue weighted by Crippen LogP contribution is 2.68. The first-order valence-corrected chi connectivity index (χ1v) is 16.6. The van der Waals surface area contributed by atoms with Crippen molar-refractivity contribution in [2.75, 3.05) is 33.7 Å². The van der Waals surface area contributed by atoms with Crippen LogP contribution in [0.25, 0.3) is 0 Å². The van der Waals surface area contributed by atoms with E-state index in [0.29, 0.717) is 48.6 Å². The summed E-state index contributed by atoms with van der Waals surface area (Å²) in [5, 5.41) is 19.8. The van der Waals surface area contributed by atoms with Crippen molar-refractivity contribution < 1.29 is 14.7 Å². The van der Waals surface area contributed by atoms with Gasteiger partial charge in [0.05, 0.1) is 12.1 Å². The number of fused-ring (bicyclic) bond motifs is 5. The molecule has 5 rings (SSSR count). The van der Waals surface area contributed by atoms with Gasteiger partial charge in [-0.2, -0.15) is 0 Å². The average molecular weight is 559 g/mol. The summed E-state index contributed by atoms with van der Waals surface area (Å²) in [6.07, 6.45) is 13.5. The van der Waals surface area contributed by atoms with Crippen molar-refractivity contribution in [3.05, 3.63) is 0 Å². The molecule has 1 saturated heterocycles. The first-order chi connectivity index (χ1) is 19.0. The Morgan fingerprint density at radius 1 is 1.00 bits per heavy atom. The van der Waals surface area contributed by atoms with E-state index in [1.807, 2.05) is 14.1 Å². The van der Waals surface area contributed by atoms with Gasteiger partial charge in [0.2, 0.25) is 11.8 Å². The van der Waals surface area contributed by atoms with Crippen molar-refractivity contribution in [1.82, 2.24) is 20.9 Å². The fourth-order valence-corrected chi connectivity index (χ4v) is 10.6. The van der Waals surface area contributed by atoms with E-state index in [1.54, 1.807) is 0 Å². The second-order valence-corrected chi connectivity index (χ2v) is 15.4. The summed E-state index contributed by atoms with van der Waals surface area (Å²) in [7, 11) is 3.99. The number of hydrogen-bond acceptors (Lipinski definition) is 5. The van der Waals surface area contributed by atoms with Crippen LogP contribution in [0, 0.1) is 46.3 Å². The molecule has 4 saturated carbocycles. The lowest BCUT2D eigenvalue weighted by molar-refractivity contribution is -0.130. The van der Waals surface area contributed by atoms with Gasteiger partial charge >= 0.3 is 0 Å². The van der Waals surface area contributed by atoms with E-state index in [-0.39, 0.29) is 30.0 Å². The smallest absolute Gasteiger partial charge is 0.237 e. The van der Waals surface area contributed by atoms with E-state index in [0.717, 1.165) is 49.5 Å². The Hall–Kier alpha value is -1.18. The van der Waals surface area contributed by atoms with Gasteiger partial charge in [-0.3, -0.25) is 9.59 Å². The monoisotopic (exact) mass is 558 g/mol. The summed E-state index contributed by atoms with van der Waals surface area (Å²) in [6.45, 7) is 9.72. The van der Waals surface area contributed by atoms with Crippen LogP contribution in [-0.2, 0) is 9.59 Å². The normalized spacial score (nSPS) is 43.5. The van der Waals surface area contributed by atoms with E-state index < -0.39 is 0 Å². The summed E-state index contributed by atoms with van der Waals surface area (Å²) in [5.74, 6) is 4.71. The zero-order chi connectivity index (χ0) is 28.7. The molecular weight excluding hydrogens is 500 g/mol. The summed E-state index contributed by atoms with van der Waals surface area (Å²) in [4.78, 5) is 27.4. The summed E-state index contributed by atoms with van der Waals surface area (Å²) in [5.41, 5.74) is 0.850. The number of carbonyl (C=O) groups excluding carboxylic acids is 2. The Bertz CT molecular complexity index is 912. The maximum atomic E-state index is 12.9. The largest absolute Gasteiger partial charge is 0.393 e. The number of hydrogen-bond donors (Lipinski definition) is 4. The maximum Gasteiger partial charge on any atom is 0.237 e. The van der Waals surface area contributed by atoms with Crippen molar-refractivity contribution in [3.8, 4) is 0 Å². The molecule has 7 heteroatoms. The van der Waals surface area contributed by atoms with Crippen LogP contribution in [0.4, 0.5) is 0 Å². The van der Waals surface area contributed by atoms with Crippen LogP contribution < -0.4 is 16.0 Å². The van der Waals surface area contributed by atoms with Gasteiger partial charge in [-0.05, 0) is 131 Å². The predicted molar refractivity (Wildman–Crippen MR) is 160 cm³/mol. The highest BCUT2D eigenvalue weighted by atomic mass is 16.3. The van der Waals surface area contributed by atoms with Crippen LogP contribution >= 0.6 is 0 Å². The van der Waals surface area contributed by atoms with Gasteiger partial charge in [0.1, 0.15) is 0 Å². The first-order valence-electron chi connectivity index (χ1n) is 16.6. The zero-order valence-electron chi connectivity index (χ0n) is 26.0. The number of aliphatic hydroxyl groups excluding tert-OH is 1. The second-order valence-electron chi connectivity index (χ2n) is 15.4. The molecule has 40 heavy (non-hydrogen) atoms. The Kier molecular flexibility index (Phi) is 9.24. The van der Waals surface area contributed by atoms with Crippen molar-refractivity contribution in [2.24, 2.45) is 46.3 Å². The van der Waals surface area contributed by atoms with Crippen LogP contribution in [0.3, 0.4) is 0 Å². The molecule has 0 radical (unpaired) electrons. The van der Waals surface area contributed by atoms with Crippen molar-refractivity contribution in [2.45, 2.75) is 116 Å². The summed E-state index contributed by atoms with van der Waals surface area (Å²) < 4.78 is 0. The lowest BCUT2D eigenvalue weighted by Gasteiger charge is -2.61. The molecule has 1 aliphatic heterocycles. The van der Waals surface area contributed by atoms with Crippen LogP contribution in [0.15, 0.2) is 0 Å². The minimum Gasteiger partial charge on any atom is -0.393 e. The standard InChI is InChI=1S/C33H58N4O3/c1-21(6-11-30(39)36-23-19-29(35-20-23)31(40)34-16-17-37(4)5)26-9-10-27-25-8-7-22-18-24(38)12-14-32(22,2)28(25)13-15-33(26,27)3/h21-29,35,38H,6-20H2,1-5H3,(H,34,40)(H,36,39)/t21?,22?,23?,24-,25?,26-,27?,28?,29+,32+,33-/m1/s1. The topological polar surface area (TPSA) is 93.7 Å². The zero-order valence-corrected chi connectivity index (χ0v) is 26.0. The Morgan fingerprint density at radius 2 is 1.75 bits per heavy atom.